The average Bonchev–Trinajstić information content (AvgIpc) is 1.64. The van der Waals surface area contributed by atoms with Crippen LogP contribution >= 0.6 is 0 Å². The fourth-order valence-corrected chi connectivity index (χ4v) is 24.2. The van der Waals surface area contributed by atoms with E-state index in [2.05, 4.69) is 239 Å². The van der Waals surface area contributed by atoms with Gasteiger partial charge in [-0.2, -0.15) is 0 Å². The molecular formula is C118H224Hf4. The number of unbranched alkanes of at least 4 members (excludes halogenated alkanes) is 8. The minimum atomic E-state index is 0. The zero-order chi connectivity index (χ0) is 74.5. The van der Waals surface area contributed by atoms with Crippen LogP contribution < -0.4 is 0 Å². The van der Waals surface area contributed by atoms with E-state index in [0.29, 0.717) is 0 Å². The van der Waals surface area contributed by atoms with E-state index in [1.54, 1.807) is 22.3 Å². The van der Waals surface area contributed by atoms with Crippen molar-refractivity contribution in [3.05, 3.63) is 214 Å². The van der Waals surface area contributed by atoms with Gasteiger partial charge in [0.2, 0.25) is 0 Å². The summed E-state index contributed by atoms with van der Waals surface area (Å²) in [6, 6.07) is 0. The molecule has 14 aliphatic rings. The van der Waals surface area contributed by atoms with Crippen LogP contribution in [0.5, 0.6) is 0 Å². The Labute approximate surface area is 857 Å². The summed E-state index contributed by atoms with van der Waals surface area (Å²) >= 11 is 0. The topological polar surface area (TPSA) is 0 Å². The molecule has 10 fully saturated rings. The van der Waals surface area contributed by atoms with Crippen molar-refractivity contribution in [1.29, 1.82) is 0 Å². The second kappa shape index (κ2) is 78.7. The molecule has 4 heteroatoms. The van der Waals surface area contributed by atoms with Gasteiger partial charge in [-0.05, 0) is 327 Å². The monoisotopic (exact) mass is 2360 g/mol. The predicted molar refractivity (Wildman–Crippen MR) is 558 cm³/mol. The molecule has 0 aromatic rings. The normalized spacial score (nSPS) is 36.0. The van der Waals surface area contributed by atoms with Gasteiger partial charge in [-0.3, -0.25) is 0 Å². The van der Waals surface area contributed by atoms with E-state index < -0.39 is 0 Å². The van der Waals surface area contributed by atoms with E-state index in [9.17, 15) is 0 Å². The van der Waals surface area contributed by atoms with Crippen molar-refractivity contribution >= 4 is 0 Å². The van der Waals surface area contributed by atoms with E-state index in [1.807, 2.05) is 0 Å². The van der Waals surface area contributed by atoms with Crippen LogP contribution in [0.3, 0.4) is 0 Å². The molecule has 0 N–H and O–H groups in total. The predicted octanol–water partition coefficient (Wildman–Crippen LogP) is 39.1. The van der Waals surface area contributed by atoms with Crippen molar-refractivity contribution in [2.45, 2.75) is 359 Å². The standard InChI is InChI=1S/C17H26.C16H24.C15H24.C14H22.4C10H20.16CH3.4Hf/c1-2-3-4-6-13-9-10-16-11-14-7-5-8-15(14)12-17(13)16;1-2-3-5-12-8-9-15-10-13-6-4-7-14(13)11-16(12)15;1-2-3-4-5-8-13-11-12-14-9-6-7-10-15(13)14;1-2-3-4-7-12-10-11-13-8-5-6-9-14(12)13;4*1-6-7(2)9(4)10(5)8(6)3;;;;;;;;;;;;;;;;;;;;/h11-13,16-17H,2-10H2,1H3;10-12,15-16H,2-9H2,1H3;6-7,9-10,13-15H,2-5,8,11-12H2,1H3;5-6,8-9,12-14H,2-4,7,10-11H2,1H3;4*6-10H,1-5H3;16*1H3;;;;/q;;;;;;;;16*-1;4*+4. The summed E-state index contributed by atoms with van der Waals surface area (Å²) in [6.07, 6.45) is 72.3. The molecule has 14 rings (SSSR count). The van der Waals surface area contributed by atoms with Gasteiger partial charge in [0.1, 0.15) is 0 Å². The Kier molecular flexibility index (Phi) is 99.6. The first-order chi connectivity index (χ1) is 48.8. The molecule has 0 aromatic carbocycles. The van der Waals surface area contributed by atoms with Crippen LogP contribution in [-0.4, -0.2) is 0 Å². The van der Waals surface area contributed by atoms with E-state index in [0.717, 1.165) is 189 Å². The minimum absolute atomic E-state index is 0. The molecule has 0 aliphatic heterocycles. The van der Waals surface area contributed by atoms with Crippen LogP contribution in [0, 0.1) is 308 Å². The van der Waals surface area contributed by atoms with Crippen LogP contribution in [0.25, 0.3) is 0 Å². The van der Waals surface area contributed by atoms with Crippen molar-refractivity contribution in [2.75, 3.05) is 0 Å². The van der Waals surface area contributed by atoms with Gasteiger partial charge in [0.05, 0.1) is 0 Å². The largest absolute Gasteiger partial charge is 4.00 e. The molecule has 0 heterocycles. The Morgan fingerprint density at radius 1 is 0.197 bits per heavy atom. The second-order valence-electron chi connectivity index (χ2n) is 39.5. The Morgan fingerprint density at radius 3 is 0.607 bits per heavy atom. The molecular weight excluding hydrogens is 2130 g/mol. The Balaban J connectivity index is -0.0000000897. The third-order valence-corrected chi connectivity index (χ3v) is 34.8. The Hall–Kier alpha value is 1.40. The molecule has 0 aromatic heterocycles. The molecule has 0 bridgehead atoms. The zero-order valence-electron chi connectivity index (χ0n) is 90.6. The summed E-state index contributed by atoms with van der Waals surface area (Å²) < 4.78 is 0. The van der Waals surface area contributed by atoms with Crippen LogP contribution in [0.1, 0.15) is 359 Å². The number of hydrogen-bond acceptors (Lipinski definition) is 0. The van der Waals surface area contributed by atoms with Gasteiger partial charge in [-0.25, -0.2) is 0 Å². The van der Waals surface area contributed by atoms with E-state index in [1.165, 1.54) is 193 Å². The number of rotatable bonds is 16. The SMILES string of the molecule is CC1C(C)C(C)C(C)C1C.CC1C(C)C(C)C(C)C1C.CC1C(C)C(C)C(C)C1C.CC1C(C)C(C)C(C)C1C.CCCCC1CCC2C=C3CCCC3=CC21.CCCCCC1CCC2C=C3CCCC3=CC21.CCCCCC1CCC2C=CC=CC21.CCCCCCC1CCC2C=CC=CC21.[CH3-].[CH3-].[CH3-].[CH3-].[CH3-].[CH3-].[CH3-].[CH3-].[CH3-].[CH3-].[CH3-].[CH3-].[CH3-].[CH3-].[CH3-].[CH3-].[Hf+4].[Hf+4].[Hf+4].[Hf+4]. The molecule has 0 radical (unpaired) electrons. The third-order valence-electron chi connectivity index (χ3n) is 34.8. The summed E-state index contributed by atoms with van der Waals surface area (Å²) in [4.78, 5) is 0. The van der Waals surface area contributed by atoms with Crippen LogP contribution in [0.4, 0.5) is 0 Å². The van der Waals surface area contributed by atoms with Crippen LogP contribution in [0.15, 0.2) is 95.2 Å². The third kappa shape index (κ3) is 42.5. The molecule has 0 amide bonds. The fraction of sp³-hybridized carbons (Fsp3) is 0.729. The van der Waals surface area contributed by atoms with E-state index in [-0.39, 0.29) is 222 Å². The quantitative estimate of drug-likeness (QED) is 0.0821. The molecule has 0 nitrogen and oxygen atoms in total. The van der Waals surface area contributed by atoms with Gasteiger partial charge < -0.3 is 119 Å². The van der Waals surface area contributed by atoms with Gasteiger partial charge >= 0.3 is 103 Å². The fourth-order valence-electron chi connectivity index (χ4n) is 24.2. The van der Waals surface area contributed by atoms with Crippen molar-refractivity contribution in [3.63, 3.8) is 0 Å². The van der Waals surface area contributed by atoms with Crippen LogP contribution in [-0.2, 0) is 103 Å². The maximum atomic E-state index is 2.69. The minimum Gasteiger partial charge on any atom is -0.358 e. The zero-order valence-corrected chi connectivity index (χ0v) is 105. The maximum Gasteiger partial charge on any atom is 4.00 e. The smallest absolute Gasteiger partial charge is 0.358 e. The van der Waals surface area contributed by atoms with Gasteiger partial charge in [0.15, 0.2) is 0 Å². The molecule has 12 unspecified atom stereocenters. The summed E-state index contributed by atoms with van der Waals surface area (Å²) in [5.74, 6) is 29.9. The van der Waals surface area contributed by atoms with Gasteiger partial charge in [0.25, 0.3) is 0 Å². The van der Waals surface area contributed by atoms with Gasteiger partial charge in [-0.1, -0.05) is 316 Å². The number of allylic oxidation sites excluding steroid dienone is 16. The van der Waals surface area contributed by atoms with E-state index >= 15 is 0 Å². The van der Waals surface area contributed by atoms with Crippen molar-refractivity contribution in [1.82, 2.24) is 0 Å². The first kappa shape index (κ1) is 154. The maximum absolute atomic E-state index is 2.69. The van der Waals surface area contributed by atoms with Crippen molar-refractivity contribution in [2.24, 2.45) is 189 Å². The van der Waals surface area contributed by atoms with Crippen LogP contribution in [0.2, 0.25) is 0 Å². The second-order valence-corrected chi connectivity index (χ2v) is 39.5. The average molecular weight is 2360 g/mol. The number of hydrogen-bond donors (Lipinski definition) is 0. The van der Waals surface area contributed by atoms with Crippen molar-refractivity contribution in [3.8, 4) is 0 Å². The molecule has 122 heavy (non-hydrogen) atoms. The number of fused-ring (bicyclic) bond motifs is 6. The molecule has 14 aliphatic carbocycles. The van der Waals surface area contributed by atoms with Gasteiger partial charge in [-0.15, -0.1) is 0 Å². The summed E-state index contributed by atoms with van der Waals surface area (Å²) in [7, 11) is 0. The Morgan fingerprint density at radius 2 is 0.377 bits per heavy atom. The van der Waals surface area contributed by atoms with E-state index in [4.69, 9.17) is 0 Å². The first-order valence-corrected chi connectivity index (χ1v) is 46.3. The molecule has 12 atom stereocenters. The Bertz CT molecular complexity index is 2350. The molecule has 0 spiro atoms. The van der Waals surface area contributed by atoms with Crippen molar-refractivity contribution < 1.29 is 103 Å². The first-order valence-electron chi connectivity index (χ1n) is 46.3. The van der Waals surface area contributed by atoms with Gasteiger partial charge in [0, 0.05) is 0 Å². The molecule has 10 saturated carbocycles. The summed E-state index contributed by atoms with van der Waals surface area (Å²) in [5.41, 5.74) is 6.90. The summed E-state index contributed by atoms with van der Waals surface area (Å²) in [5, 5.41) is 0. The molecule has 0 saturated heterocycles. The summed E-state index contributed by atoms with van der Waals surface area (Å²) in [6.45, 7) is 57.2. The molecule has 712 valence electrons.